The number of ether oxygens (including phenoxy) is 2. The van der Waals surface area contributed by atoms with Crippen LogP contribution in [0.25, 0.3) is 0 Å². The average molecular weight is 382 g/mol. The number of benzene rings is 2. The highest BCUT2D eigenvalue weighted by molar-refractivity contribution is 6.30. The van der Waals surface area contributed by atoms with Crippen molar-refractivity contribution in [2.75, 3.05) is 13.2 Å². The molecule has 1 heterocycles. The Labute approximate surface area is 158 Å². The molecule has 0 aliphatic carbocycles. The molecule has 1 fully saturated rings. The molecule has 2 unspecified atom stereocenters. The third-order valence-corrected chi connectivity index (χ3v) is 4.32. The van der Waals surface area contributed by atoms with Gasteiger partial charge in [0.2, 0.25) is 0 Å². The summed E-state index contributed by atoms with van der Waals surface area (Å²) in [6, 6.07) is 13.4. The van der Waals surface area contributed by atoms with Gasteiger partial charge in [0.15, 0.2) is 5.78 Å². The van der Waals surface area contributed by atoms with Crippen molar-refractivity contribution in [2.45, 2.75) is 25.0 Å². The highest BCUT2D eigenvalue weighted by Crippen LogP contribution is 2.22. The average Bonchev–Trinajstić information content (AvgIpc) is 2.63. The molecule has 0 aromatic heterocycles. The minimum absolute atomic E-state index is 0. The predicted octanol–water partition coefficient (Wildman–Crippen LogP) is 4.20. The van der Waals surface area contributed by atoms with Crippen LogP contribution in [0, 0.1) is 0 Å². The maximum Gasteiger partial charge on any atom is 0.184 e. The van der Waals surface area contributed by atoms with E-state index in [1.807, 2.05) is 0 Å². The molecule has 25 heavy (non-hydrogen) atoms. The fourth-order valence-electron chi connectivity index (χ4n) is 2.70. The molecule has 2 aromatic carbocycles. The summed E-state index contributed by atoms with van der Waals surface area (Å²) in [7, 11) is 0. The van der Waals surface area contributed by atoms with E-state index in [2.05, 4.69) is 0 Å². The van der Waals surface area contributed by atoms with Gasteiger partial charge in [0, 0.05) is 17.2 Å². The Morgan fingerprint density at radius 3 is 2.44 bits per heavy atom. The molecule has 2 N–H and O–H groups in total. The van der Waals surface area contributed by atoms with Gasteiger partial charge in [-0.2, -0.15) is 0 Å². The second-order valence-electron chi connectivity index (χ2n) is 5.87. The zero-order chi connectivity index (χ0) is 16.9. The maximum absolute atomic E-state index is 12.5. The molecule has 134 valence electrons. The number of ketones is 1. The van der Waals surface area contributed by atoms with E-state index in [1.165, 1.54) is 0 Å². The molecule has 0 saturated carbocycles. The van der Waals surface area contributed by atoms with Gasteiger partial charge in [0.25, 0.3) is 0 Å². The van der Waals surface area contributed by atoms with E-state index in [0.717, 1.165) is 30.8 Å². The zero-order valence-electron chi connectivity index (χ0n) is 13.7. The van der Waals surface area contributed by atoms with Crippen LogP contribution in [0.5, 0.6) is 5.75 Å². The van der Waals surface area contributed by atoms with Gasteiger partial charge in [-0.05, 0) is 54.8 Å². The van der Waals surface area contributed by atoms with Gasteiger partial charge in [0.1, 0.15) is 11.9 Å². The molecule has 0 amide bonds. The maximum atomic E-state index is 12.5. The normalized spacial score (nSPS) is 18.1. The summed E-state index contributed by atoms with van der Waals surface area (Å²) < 4.78 is 11.3. The highest BCUT2D eigenvalue weighted by atomic mass is 35.5. The summed E-state index contributed by atoms with van der Waals surface area (Å²) in [5.74, 6) is 0.604. The van der Waals surface area contributed by atoms with Crippen molar-refractivity contribution in [3.05, 3.63) is 64.7 Å². The zero-order valence-corrected chi connectivity index (χ0v) is 15.3. The first-order valence-corrected chi connectivity index (χ1v) is 8.41. The first-order chi connectivity index (χ1) is 11.6. The van der Waals surface area contributed by atoms with Crippen molar-refractivity contribution in [1.82, 2.24) is 0 Å². The first-order valence-electron chi connectivity index (χ1n) is 8.03. The SMILES string of the molecule is Cl.NC(C(=O)c1ccc(OC2CCCOC2)cc1)c1ccc(Cl)cc1. The number of carbonyl (C=O) groups excluding carboxylic acids is 1. The van der Waals surface area contributed by atoms with Crippen LogP contribution in [-0.4, -0.2) is 25.1 Å². The van der Waals surface area contributed by atoms with Crippen LogP contribution < -0.4 is 10.5 Å². The minimum Gasteiger partial charge on any atom is -0.488 e. The van der Waals surface area contributed by atoms with Gasteiger partial charge in [-0.1, -0.05) is 23.7 Å². The van der Waals surface area contributed by atoms with E-state index in [0.29, 0.717) is 17.2 Å². The summed E-state index contributed by atoms with van der Waals surface area (Å²) >= 11 is 5.86. The van der Waals surface area contributed by atoms with Crippen LogP contribution >= 0.6 is 24.0 Å². The molecule has 1 aliphatic rings. The molecule has 0 bridgehead atoms. The van der Waals surface area contributed by atoms with Crippen molar-refractivity contribution in [2.24, 2.45) is 5.73 Å². The topological polar surface area (TPSA) is 61.6 Å². The van der Waals surface area contributed by atoms with Gasteiger partial charge in [-0.15, -0.1) is 12.4 Å². The van der Waals surface area contributed by atoms with Crippen LogP contribution in [0.4, 0.5) is 0 Å². The molecule has 0 spiro atoms. The Kier molecular flexibility index (Phi) is 7.26. The summed E-state index contributed by atoms with van der Waals surface area (Å²) in [5, 5.41) is 0.617. The number of hydrogen-bond donors (Lipinski definition) is 1. The summed E-state index contributed by atoms with van der Waals surface area (Å²) in [4.78, 5) is 12.5. The summed E-state index contributed by atoms with van der Waals surface area (Å²) in [6.07, 6.45) is 2.08. The lowest BCUT2D eigenvalue weighted by molar-refractivity contribution is 0.00743. The lowest BCUT2D eigenvalue weighted by Crippen LogP contribution is -2.28. The van der Waals surface area contributed by atoms with E-state index in [9.17, 15) is 4.79 Å². The van der Waals surface area contributed by atoms with Crippen LogP contribution in [-0.2, 0) is 4.74 Å². The van der Waals surface area contributed by atoms with Crippen LogP contribution in [0.1, 0.15) is 34.8 Å². The van der Waals surface area contributed by atoms with Gasteiger partial charge in [-0.3, -0.25) is 4.79 Å². The number of halogens is 2. The monoisotopic (exact) mass is 381 g/mol. The Balaban J connectivity index is 0.00000225. The number of rotatable bonds is 5. The summed E-state index contributed by atoms with van der Waals surface area (Å²) in [5.41, 5.74) is 7.37. The molecule has 6 heteroatoms. The quantitative estimate of drug-likeness (QED) is 0.788. The molecular weight excluding hydrogens is 361 g/mol. The van der Waals surface area contributed by atoms with Gasteiger partial charge >= 0.3 is 0 Å². The molecular formula is C19H21Cl2NO3. The molecule has 1 saturated heterocycles. The van der Waals surface area contributed by atoms with Crippen LogP contribution in [0.2, 0.25) is 5.02 Å². The van der Waals surface area contributed by atoms with E-state index in [4.69, 9.17) is 26.8 Å². The second-order valence-corrected chi connectivity index (χ2v) is 6.31. The smallest absolute Gasteiger partial charge is 0.184 e. The molecule has 4 nitrogen and oxygen atoms in total. The van der Waals surface area contributed by atoms with E-state index >= 15 is 0 Å². The Hall–Kier alpha value is -1.59. The largest absolute Gasteiger partial charge is 0.488 e. The Morgan fingerprint density at radius 1 is 1.16 bits per heavy atom. The lowest BCUT2D eigenvalue weighted by atomic mass is 9.98. The molecule has 2 aromatic rings. The van der Waals surface area contributed by atoms with E-state index in [1.54, 1.807) is 48.5 Å². The van der Waals surface area contributed by atoms with Crippen molar-refractivity contribution in [3.63, 3.8) is 0 Å². The van der Waals surface area contributed by atoms with Crippen molar-refractivity contribution < 1.29 is 14.3 Å². The fraction of sp³-hybridized carbons (Fsp3) is 0.316. The third-order valence-electron chi connectivity index (χ3n) is 4.07. The van der Waals surface area contributed by atoms with Gasteiger partial charge < -0.3 is 15.2 Å². The Morgan fingerprint density at radius 2 is 1.84 bits per heavy atom. The number of Topliss-reactive ketones (excluding diaryl/α,β-unsaturated/α-hetero) is 1. The van der Waals surface area contributed by atoms with Crippen molar-refractivity contribution in [1.29, 1.82) is 0 Å². The molecule has 1 aliphatic heterocycles. The van der Waals surface area contributed by atoms with E-state index in [-0.39, 0.29) is 24.3 Å². The minimum atomic E-state index is -0.708. The molecule has 2 atom stereocenters. The molecule has 3 rings (SSSR count). The number of nitrogens with two attached hydrogens (primary N) is 1. The number of carbonyl (C=O) groups is 1. The van der Waals surface area contributed by atoms with Crippen LogP contribution in [0.15, 0.2) is 48.5 Å². The van der Waals surface area contributed by atoms with Crippen LogP contribution in [0.3, 0.4) is 0 Å². The lowest BCUT2D eigenvalue weighted by Gasteiger charge is -2.23. The van der Waals surface area contributed by atoms with Crippen molar-refractivity contribution >= 4 is 29.8 Å². The third kappa shape index (κ3) is 5.19. The summed E-state index contributed by atoms with van der Waals surface area (Å²) in [6.45, 7) is 1.41. The predicted molar refractivity (Wildman–Crippen MR) is 101 cm³/mol. The number of hydrogen-bond acceptors (Lipinski definition) is 4. The highest BCUT2D eigenvalue weighted by Gasteiger charge is 2.19. The molecule has 0 radical (unpaired) electrons. The fourth-order valence-corrected chi connectivity index (χ4v) is 2.82. The van der Waals surface area contributed by atoms with Gasteiger partial charge in [0.05, 0.1) is 12.6 Å². The Bertz CT molecular complexity index is 683. The standard InChI is InChI=1S/C19H20ClNO3.ClH/c20-15-7-3-13(4-8-15)18(21)19(22)14-5-9-16(10-6-14)24-17-2-1-11-23-12-17;/h3-10,17-18H,1-2,11-12,21H2;1H. The van der Waals surface area contributed by atoms with E-state index < -0.39 is 6.04 Å². The second kappa shape index (κ2) is 9.20. The van der Waals surface area contributed by atoms with Gasteiger partial charge in [-0.25, -0.2) is 0 Å². The first kappa shape index (κ1) is 19.7. The van der Waals surface area contributed by atoms with Crippen molar-refractivity contribution in [3.8, 4) is 5.75 Å².